The van der Waals surface area contributed by atoms with Crippen LogP contribution in [0.25, 0.3) is 0 Å². The Bertz CT molecular complexity index is 404. The number of piperazine rings is 1. The Morgan fingerprint density at radius 3 is 2.17 bits per heavy atom. The van der Waals surface area contributed by atoms with Gasteiger partial charge in [-0.3, -0.25) is 4.79 Å². The lowest BCUT2D eigenvalue weighted by Gasteiger charge is -2.38. The molecule has 0 unspecified atom stereocenters. The fourth-order valence-corrected chi connectivity index (χ4v) is 2.19. The third kappa shape index (κ3) is 2.82. The molecule has 0 spiro atoms. The number of benzene rings is 1. The van der Waals surface area contributed by atoms with E-state index in [2.05, 4.69) is 17.0 Å². The van der Waals surface area contributed by atoms with Gasteiger partial charge in [0.15, 0.2) is 0 Å². The van der Waals surface area contributed by atoms with Gasteiger partial charge in [0.2, 0.25) is 0 Å². The Kier molecular flexibility index (Phi) is 3.57. The molecule has 1 aromatic rings. The Hall–Kier alpha value is -1.55. The average molecular weight is 248 g/mol. The predicted octanol–water partition coefficient (Wildman–Crippen LogP) is 1.11. The van der Waals surface area contributed by atoms with E-state index in [1.807, 2.05) is 18.2 Å². The van der Waals surface area contributed by atoms with Crippen LogP contribution in [0.2, 0.25) is 0 Å². The van der Waals surface area contributed by atoms with Crippen molar-refractivity contribution in [2.45, 2.75) is 19.4 Å². The van der Waals surface area contributed by atoms with Gasteiger partial charge in [0.25, 0.3) is 5.91 Å². The number of anilines is 1. The van der Waals surface area contributed by atoms with Gasteiger partial charge in [-0.15, -0.1) is 0 Å². The van der Waals surface area contributed by atoms with E-state index in [9.17, 15) is 9.90 Å². The van der Waals surface area contributed by atoms with Crippen LogP contribution in [0.3, 0.4) is 0 Å². The minimum Gasteiger partial charge on any atom is -0.381 e. The van der Waals surface area contributed by atoms with E-state index >= 15 is 0 Å². The highest BCUT2D eigenvalue weighted by molar-refractivity contribution is 5.84. The Morgan fingerprint density at radius 1 is 1.11 bits per heavy atom. The third-order valence-electron chi connectivity index (χ3n) is 3.21. The van der Waals surface area contributed by atoms with E-state index in [1.165, 1.54) is 5.69 Å². The van der Waals surface area contributed by atoms with Crippen molar-refractivity contribution in [3.05, 3.63) is 30.3 Å². The second-order valence-corrected chi connectivity index (χ2v) is 5.17. The average Bonchev–Trinajstić information content (AvgIpc) is 2.38. The van der Waals surface area contributed by atoms with E-state index in [-0.39, 0.29) is 5.91 Å². The van der Waals surface area contributed by atoms with E-state index in [1.54, 1.807) is 18.7 Å². The lowest BCUT2D eigenvalue weighted by Crippen LogP contribution is -2.54. The van der Waals surface area contributed by atoms with Crippen LogP contribution in [0.1, 0.15) is 13.8 Å². The molecule has 0 radical (unpaired) electrons. The molecular weight excluding hydrogens is 228 g/mol. The smallest absolute Gasteiger partial charge is 0.254 e. The van der Waals surface area contributed by atoms with Crippen LogP contribution in [0.5, 0.6) is 0 Å². The number of para-hydroxylation sites is 1. The summed E-state index contributed by atoms with van der Waals surface area (Å²) < 4.78 is 0. The van der Waals surface area contributed by atoms with Crippen molar-refractivity contribution >= 4 is 11.6 Å². The molecule has 0 aliphatic carbocycles. The van der Waals surface area contributed by atoms with Crippen molar-refractivity contribution in [2.75, 3.05) is 31.1 Å². The highest BCUT2D eigenvalue weighted by Crippen LogP contribution is 2.17. The van der Waals surface area contributed by atoms with Gasteiger partial charge in [0, 0.05) is 31.9 Å². The van der Waals surface area contributed by atoms with Crippen LogP contribution >= 0.6 is 0 Å². The van der Waals surface area contributed by atoms with Gasteiger partial charge in [-0.25, -0.2) is 0 Å². The van der Waals surface area contributed by atoms with Crippen molar-refractivity contribution < 1.29 is 9.90 Å². The van der Waals surface area contributed by atoms with E-state index in [0.717, 1.165) is 13.1 Å². The Balaban J connectivity index is 1.95. The van der Waals surface area contributed by atoms with Crippen LogP contribution in [0.15, 0.2) is 30.3 Å². The van der Waals surface area contributed by atoms with Crippen LogP contribution < -0.4 is 4.90 Å². The minimum atomic E-state index is -1.27. The number of carbonyl (C=O) groups is 1. The molecule has 1 aromatic carbocycles. The molecular formula is C14H20N2O2. The number of amides is 1. The first-order valence-corrected chi connectivity index (χ1v) is 6.30. The maximum absolute atomic E-state index is 11.9. The molecule has 0 aromatic heterocycles. The summed E-state index contributed by atoms with van der Waals surface area (Å²) in [7, 11) is 0. The summed E-state index contributed by atoms with van der Waals surface area (Å²) in [5, 5.41) is 9.72. The molecule has 4 heteroatoms. The lowest BCUT2D eigenvalue weighted by atomic mass is 10.1. The fourth-order valence-electron chi connectivity index (χ4n) is 2.19. The maximum Gasteiger partial charge on any atom is 0.254 e. The summed E-state index contributed by atoms with van der Waals surface area (Å²) in [6.45, 7) is 6.03. The molecule has 1 fully saturated rings. The number of hydrogen-bond donors (Lipinski definition) is 1. The van der Waals surface area contributed by atoms with Gasteiger partial charge in [-0.2, -0.15) is 0 Å². The molecule has 0 atom stereocenters. The molecule has 1 saturated heterocycles. The lowest BCUT2D eigenvalue weighted by molar-refractivity contribution is -0.148. The molecule has 18 heavy (non-hydrogen) atoms. The molecule has 1 heterocycles. The number of rotatable bonds is 2. The Labute approximate surface area is 108 Å². The molecule has 2 rings (SSSR count). The van der Waals surface area contributed by atoms with Gasteiger partial charge in [0.1, 0.15) is 5.60 Å². The first kappa shape index (κ1) is 12.9. The summed E-state index contributed by atoms with van der Waals surface area (Å²) in [6.07, 6.45) is 0. The summed E-state index contributed by atoms with van der Waals surface area (Å²) in [5.74, 6) is -0.185. The van der Waals surface area contributed by atoms with Crippen molar-refractivity contribution in [3.8, 4) is 0 Å². The van der Waals surface area contributed by atoms with Gasteiger partial charge in [0.05, 0.1) is 0 Å². The first-order chi connectivity index (χ1) is 8.48. The quantitative estimate of drug-likeness (QED) is 0.852. The normalized spacial score (nSPS) is 16.8. The molecule has 0 bridgehead atoms. The second kappa shape index (κ2) is 4.98. The number of carbonyl (C=O) groups excluding carboxylic acids is 1. The van der Waals surface area contributed by atoms with Crippen LogP contribution in [-0.4, -0.2) is 47.7 Å². The van der Waals surface area contributed by atoms with Crippen LogP contribution in [-0.2, 0) is 4.79 Å². The molecule has 1 N–H and O–H groups in total. The topological polar surface area (TPSA) is 43.8 Å². The number of aliphatic hydroxyl groups is 1. The monoisotopic (exact) mass is 248 g/mol. The van der Waals surface area contributed by atoms with Crippen LogP contribution in [0.4, 0.5) is 5.69 Å². The van der Waals surface area contributed by atoms with Gasteiger partial charge >= 0.3 is 0 Å². The largest absolute Gasteiger partial charge is 0.381 e. The highest BCUT2D eigenvalue weighted by Gasteiger charge is 2.31. The highest BCUT2D eigenvalue weighted by atomic mass is 16.3. The fraction of sp³-hybridized carbons (Fsp3) is 0.500. The zero-order valence-corrected chi connectivity index (χ0v) is 11.0. The first-order valence-electron chi connectivity index (χ1n) is 6.30. The van der Waals surface area contributed by atoms with Gasteiger partial charge < -0.3 is 14.9 Å². The third-order valence-corrected chi connectivity index (χ3v) is 3.21. The van der Waals surface area contributed by atoms with Crippen molar-refractivity contribution in [3.63, 3.8) is 0 Å². The zero-order chi connectivity index (χ0) is 13.2. The summed E-state index contributed by atoms with van der Waals surface area (Å²) in [4.78, 5) is 15.9. The standard InChI is InChI=1S/C14H20N2O2/c1-14(2,18)13(17)16-10-8-15(9-11-16)12-6-4-3-5-7-12/h3-7,18H,8-11H2,1-2H3. The van der Waals surface area contributed by atoms with Crippen LogP contribution in [0, 0.1) is 0 Å². The second-order valence-electron chi connectivity index (χ2n) is 5.17. The molecule has 1 amide bonds. The summed E-state index contributed by atoms with van der Waals surface area (Å²) >= 11 is 0. The van der Waals surface area contributed by atoms with Crippen molar-refractivity contribution in [1.82, 2.24) is 4.90 Å². The van der Waals surface area contributed by atoms with Gasteiger partial charge in [-0.1, -0.05) is 18.2 Å². The SMILES string of the molecule is CC(C)(O)C(=O)N1CCN(c2ccccc2)CC1. The molecule has 1 aliphatic rings. The minimum absolute atomic E-state index is 0.185. The molecule has 0 saturated carbocycles. The maximum atomic E-state index is 11.9. The zero-order valence-electron chi connectivity index (χ0n) is 11.0. The molecule has 4 nitrogen and oxygen atoms in total. The van der Waals surface area contributed by atoms with Crippen molar-refractivity contribution in [1.29, 1.82) is 0 Å². The number of hydrogen-bond acceptors (Lipinski definition) is 3. The van der Waals surface area contributed by atoms with E-state index in [0.29, 0.717) is 13.1 Å². The summed E-state index contributed by atoms with van der Waals surface area (Å²) in [5.41, 5.74) is -0.0811. The van der Waals surface area contributed by atoms with E-state index < -0.39 is 5.60 Å². The number of nitrogens with zero attached hydrogens (tertiary/aromatic N) is 2. The van der Waals surface area contributed by atoms with E-state index in [4.69, 9.17) is 0 Å². The predicted molar refractivity (Wildman–Crippen MR) is 71.5 cm³/mol. The van der Waals surface area contributed by atoms with Gasteiger partial charge in [-0.05, 0) is 26.0 Å². The summed E-state index contributed by atoms with van der Waals surface area (Å²) in [6, 6.07) is 10.2. The molecule has 1 aliphatic heterocycles. The molecule has 98 valence electrons. The Morgan fingerprint density at radius 2 is 1.67 bits per heavy atom. The van der Waals surface area contributed by atoms with Crippen molar-refractivity contribution in [2.24, 2.45) is 0 Å².